The number of rotatable bonds is 11. The highest BCUT2D eigenvalue weighted by atomic mass is 16.5. The maximum atomic E-state index is 5.90. The smallest absolute Gasteiger partial charge is 0.161 e. The fourth-order valence-corrected chi connectivity index (χ4v) is 5.52. The average Bonchev–Trinajstić information content (AvgIpc) is 2.84. The third kappa shape index (κ3) is 6.08. The average molecular weight is 454 g/mol. The Labute approximate surface area is 200 Å². The van der Waals surface area contributed by atoms with Crippen LogP contribution in [0.15, 0.2) is 48.5 Å². The van der Waals surface area contributed by atoms with Gasteiger partial charge in [-0.05, 0) is 82.0 Å². The molecule has 5 heteroatoms. The topological polar surface area (TPSA) is 51.0 Å². The van der Waals surface area contributed by atoms with Crippen LogP contribution in [0.25, 0.3) is 0 Å². The summed E-state index contributed by atoms with van der Waals surface area (Å²) in [6, 6.07) is 18.0. The van der Waals surface area contributed by atoms with Crippen LogP contribution in [0, 0.1) is 5.92 Å². The molecule has 1 heterocycles. The quantitative estimate of drug-likeness (QED) is 0.541. The first-order valence-electron chi connectivity index (χ1n) is 12.3. The Hall–Kier alpha value is -2.08. The van der Waals surface area contributed by atoms with Crippen molar-refractivity contribution in [2.24, 2.45) is 11.7 Å². The Balaban J connectivity index is 1.82. The highest BCUT2D eigenvalue weighted by Gasteiger charge is 2.43. The van der Waals surface area contributed by atoms with Crippen LogP contribution in [-0.2, 0) is 12.0 Å². The van der Waals surface area contributed by atoms with Crippen LogP contribution in [0.2, 0.25) is 0 Å². The van der Waals surface area contributed by atoms with Gasteiger partial charge >= 0.3 is 0 Å². The van der Waals surface area contributed by atoms with E-state index in [0.717, 1.165) is 50.5 Å². The van der Waals surface area contributed by atoms with Gasteiger partial charge in [0.05, 0.1) is 14.2 Å². The van der Waals surface area contributed by atoms with Crippen molar-refractivity contribution < 1.29 is 9.47 Å². The lowest BCUT2D eigenvalue weighted by molar-refractivity contribution is 0.0600. The van der Waals surface area contributed by atoms with E-state index in [-0.39, 0.29) is 5.41 Å². The highest BCUT2D eigenvalue weighted by Crippen LogP contribution is 2.44. The fourth-order valence-electron chi connectivity index (χ4n) is 5.52. The van der Waals surface area contributed by atoms with Crippen molar-refractivity contribution in [3.63, 3.8) is 0 Å². The SMILES string of the molecule is COc1ccc(CN(CCCN)CC[C@]2(c3ccccc3)C[C@H](C)N(C)C[C@@H]2C)cc1OC. The lowest BCUT2D eigenvalue weighted by Gasteiger charge is -2.50. The standard InChI is InChI=1S/C28H43N3O2/c1-22-20-30(3)23(2)19-28(22,25-10-7-6-8-11-25)14-17-31(16-9-15-29)21-24-12-13-26(32-4)27(18-24)33-5/h6-8,10-13,18,22-23H,9,14-17,19-21,29H2,1-5H3/t22-,23-,28-/m0/s1. The van der Waals surface area contributed by atoms with E-state index >= 15 is 0 Å². The van der Waals surface area contributed by atoms with Crippen LogP contribution in [0.5, 0.6) is 11.5 Å². The maximum Gasteiger partial charge on any atom is 0.161 e. The number of nitrogens with two attached hydrogens (primary N) is 1. The van der Waals surface area contributed by atoms with E-state index in [1.807, 2.05) is 6.07 Å². The van der Waals surface area contributed by atoms with Crippen molar-refractivity contribution in [3.05, 3.63) is 59.7 Å². The van der Waals surface area contributed by atoms with Gasteiger partial charge in [0.25, 0.3) is 0 Å². The molecular formula is C28H43N3O2. The van der Waals surface area contributed by atoms with Gasteiger partial charge in [-0.25, -0.2) is 0 Å². The molecule has 0 bridgehead atoms. The van der Waals surface area contributed by atoms with Crippen molar-refractivity contribution in [2.45, 2.75) is 51.1 Å². The van der Waals surface area contributed by atoms with E-state index in [2.05, 4.69) is 73.2 Å². The zero-order chi connectivity index (χ0) is 23.8. The molecule has 0 spiro atoms. The summed E-state index contributed by atoms with van der Waals surface area (Å²) in [7, 11) is 5.64. The van der Waals surface area contributed by atoms with Crippen LogP contribution >= 0.6 is 0 Å². The third-order valence-corrected chi connectivity index (χ3v) is 7.67. The van der Waals surface area contributed by atoms with Crippen molar-refractivity contribution in [3.8, 4) is 11.5 Å². The lowest BCUT2D eigenvalue weighted by atomic mass is 9.63. The molecule has 33 heavy (non-hydrogen) atoms. The van der Waals surface area contributed by atoms with Crippen molar-refractivity contribution in [1.82, 2.24) is 9.80 Å². The minimum absolute atomic E-state index is 0.186. The second-order valence-corrected chi connectivity index (χ2v) is 9.77. The molecule has 0 aliphatic carbocycles. The molecule has 1 saturated heterocycles. The molecule has 2 N–H and O–H groups in total. The van der Waals surface area contributed by atoms with Crippen LogP contribution in [0.4, 0.5) is 0 Å². The molecule has 0 unspecified atom stereocenters. The minimum Gasteiger partial charge on any atom is -0.493 e. The molecular weight excluding hydrogens is 410 g/mol. The second-order valence-electron chi connectivity index (χ2n) is 9.77. The molecule has 1 aliphatic heterocycles. The van der Waals surface area contributed by atoms with E-state index in [4.69, 9.17) is 15.2 Å². The van der Waals surface area contributed by atoms with Crippen LogP contribution in [0.1, 0.15) is 44.2 Å². The van der Waals surface area contributed by atoms with Crippen molar-refractivity contribution in [2.75, 3.05) is 47.4 Å². The predicted molar refractivity (Wildman–Crippen MR) is 137 cm³/mol. The summed E-state index contributed by atoms with van der Waals surface area (Å²) in [6.45, 7) is 9.59. The number of ether oxygens (including phenoxy) is 2. The van der Waals surface area contributed by atoms with Gasteiger partial charge in [0.2, 0.25) is 0 Å². The summed E-state index contributed by atoms with van der Waals surface area (Å²) < 4.78 is 11.0. The fraction of sp³-hybridized carbons (Fsp3) is 0.571. The monoisotopic (exact) mass is 453 g/mol. The summed E-state index contributed by atoms with van der Waals surface area (Å²) in [5, 5.41) is 0. The summed E-state index contributed by atoms with van der Waals surface area (Å²) in [5.74, 6) is 2.15. The highest BCUT2D eigenvalue weighted by molar-refractivity contribution is 5.42. The molecule has 0 saturated carbocycles. The number of hydrogen-bond acceptors (Lipinski definition) is 5. The first kappa shape index (κ1) is 25.5. The van der Waals surface area contributed by atoms with Crippen LogP contribution < -0.4 is 15.2 Å². The Kier molecular flexibility index (Phi) is 9.19. The summed E-state index contributed by atoms with van der Waals surface area (Å²) in [4.78, 5) is 5.08. The van der Waals surface area contributed by atoms with Crippen LogP contribution in [-0.4, -0.2) is 63.3 Å². The van der Waals surface area contributed by atoms with Gasteiger partial charge in [-0.2, -0.15) is 0 Å². The van der Waals surface area contributed by atoms with Gasteiger partial charge in [0.1, 0.15) is 0 Å². The number of piperidine rings is 1. The Morgan fingerprint density at radius 1 is 1.03 bits per heavy atom. The summed E-state index contributed by atoms with van der Waals surface area (Å²) in [5.41, 5.74) is 8.81. The molecule has 0 amide bonds. The molecule has 2 aromatic rings. The van der Waals surface area contributed by atoms with E-state index in [9.17, 15) is 0 Å². The molecule has 1 fully saturated rings. The molecule has 5 nitrogen and oxygen atoms in total. The largest absolute Gasteiger partial charge is 0.493 e. The Morgan fingerprint density at radius 3 is 2.42 bits per heavy atom. The van der Waals surface area contributed by atoms with Crippen molar-refractivity contribution in [1.29, 1.82) is 0 Å². The number of methoxy groups -OCH3 is 2. The molecule has 1 aliphatic rings. The first-order chi connectivity index (χ1) is 15.9. The van der Waals surface area contributed by atoms with Gasteiger partial charge in [0.15, 0.2) is 11.5 Å². The van der Waals surface area contributed by atoms with Gasteiger partial charge < -0.3 is 20.1 Å². The second kappa shape index (κ2) is 11.9. The number of nitrogens with zero attached hydrogens (tertiary/aromatic N) is 2. The van der Waals surface area contributed by atoms with Gasteiger partial charge in [0, 0.05) is 24.5 Å². The van der Waals surface area contributed by atoms with Crippen LogP contribution in [0.3, 0.4) is 0 Å². The number of benzene rings is 2. The number of hydrogen-bond donors (Lipinski definition) is 1. The molecule has 0 aromatic heterocycles. The van der Waals surface area contributed by atoms with Gasteiger partial charge in [-0.15, -0.1) is 0 Å². The van der Waals surface area contributed by atoms with E-state index < -0.39 is 0 Å². The zero-order valence-electron chi connectivity index (χ0n) is 21.2. The normalized spacial score (nSPS) is 23.6. The molecule has 3 atom stereocenters. The minimum atomic E-state index is 0.186. The summed E-state index contributed by atoms with van der Waals surface area (Å²) in [6.07, 6.45) is 3.34. The first-order valence-corrected chi connectivity index (χ1v) is 12.3. The molecule has 3 rings (SSSR count). The predicted octanol–water partition coefficient (Wildman–Crippen LogP) is 4.54. The van der Waals surface area contributed by atoms with Gasteiger partial charge in [-0.1, -0.05) is 43.3 Å². The summed E-state index contributed by atoms with van der Waals surface area (Å²) >= 11 is 0. The Bertz CT molecular complexity index is 859. The Morgan fingerprint density at radius 2 is 1.76 bits per heavy atom. The number of likely N-dealkylation sites (tertiary alicyclic amines) is 1. The maximum absolute atomic E-state index is 5.90. The van der Waals surface area contributed by atoms with Gasteiger partial charge in [-0.3, -0.25) is 4.90 Å². The molecule has 182 valence electrons. The van der Waals surface area contributed by atoms with E-state index in [1.54, 1.807) is 14.2 Å². The van der Waals surface area contributed by atoms with E-state index in [0.29, 0.717) is 18.5 Å². The zero-order valence-corrected chi connectivity index (χ0v) is 21.2. The third-order valence-electron chi connectivity index (χ3n) is 7.67. The van der Waals surface area contributed by atoms with E-state index in [1.165, 1.54) is 17.5 Å². The van der Waals surface area contributed by atoms with Crippen molar-refractivity contribution >= 4 is 0 Å². The molecule has 2 aromatic carbocycles. The lowest BCUT2D eigenvalue weighted by Crippen LogP contribution is -2.52. The molecule has 0 radical (unpaired) electrons.